The molecule has 0 amide bonds. The van der Waals surface area contributed by atoms with E-state index in [2.05, 4.69) is 15.2 Å². The van der Waals surface area contributed by atoms with E-state index in [9.17, 15) is 13.2 Å². The fourth-order valence-corrected chi connectivity index (χ4v) is 4.52. The van der Waals surface area contributed by atoms with Gasteiger partial charge >= 0.3 is 6.18 Å². The van der Waals surface area contributed by atoms with Crippen molar-refractivity contribution >= 4 is 17.5 Å². The summed E-state index contributed by atoms with van der Waals surface area (Å²) in [4.78, 5) is 11.2. The maximum atomic E-state index is 12.4. The van der Waals surface area contributed by atoms with Crippen LogP contribution in [-0.4, -0.2) is 41.9 Å². The number of nitrogens with one attached hydrogen (secondary N) is 1. The third-order valence-electron chi connectivity index (χ3n) is 6.28. The normalized spacial score (nSPS) is 20.8. The number of alkyl halides is 3. The molecule has 1 aliphatic carbocycles. The van der Waals surface area contributed by atoms with Crippen molar-refractivity contribution in [1.82, 2.24) is 9.97 Å². The first-order valence-electron chi connectivity index (χ1n) is 11.3. The first-order chi connectivity index (χ1) is 15.4. The number of halogens is 3. The molecule has 2 aliphatic rings. The summed E-state index contributed by atoms with van der Waals surface area (Å²) < 4.78 is 42.8. The number of nitrogens with zero attached hydrogens (tertiary/aromatic N) is 3. The van der Waals surface area contributed by atoms with E-state index in [1.165, 1.54) is 0 Å². The fourth-order valence-electron chi connectivity index (χ4n) is 4.52. The molecule has 9 heteroatoms. The monoisotopic (exact) mass is 449 g/mol. The molecular formula is C23H30F3N5O. The predicted octanol–water partition coefficient (Wildman–Crippen LogP) is 4.82. The first kappa shape index (κ1) is 22.6. The SMILES string of the molecule is NCC1CCC(Nc2nccc(N3CCc4c(OCCCC(F)(F)F)cccc43)n2)CC1. The molecule has 32 heavy (non-hydrogen) atoms. The van der Waals surface area contributed by atoms with Gasteiger partial charge in [0, 0.05) is 36.5 Å². The third kappa shape index (κ3) is 5.62. The van der Waals surface area contributed by atoms with Gasteiger partial charge in [-0.15, -0.1) is 0 Å². The summed E-state index contributed by atoms with van der Waals surface area (Å²) in [6.45, 7) is 1.53. The molecule has 3 N–H and O–H groups in total. The molecule has 2 heterocycles. The van der Waals surface area contributed by atoms with Crippen molar-refractivity contribution in [2.75, 3.05) is 29.9 Å². The zero-order valence-corrected chi connectivity index (χ0v) is 18.1. The van der Waals surface area contributed by atoms with Gasteiger partial charge in [0.1, 0.15) is 11.6 Å². The Kier molecular flexibility index (Phi) is 7.03. The Morgan fingerprint density at radius 2 is 1.97 bits per heavy atom. The highest BCUT2D eigenvalue weighted by atomic mass is 19.4. The molecule has 0 radical (unpaired) electrons. The second-order valence-electron chi connectivity index (χ2n) is 8.56. The minimum Gasteiger partial charge on any atom is -0.493 e. The number of benzene rings is 1. The molecule has 0 bridgehead atoms. The van der Waals surface area contributed by atoms with Crippen LogP contribution in [0.25, 0.3) is 0 Å². The van der Waals surface area contributed by atoms with E-state index in [1.54, 1.807) is 6.20 Å². The van der Waals surface area contributed by atoms with Crippen LogP contribution in [0, 0.1) is 5.92 Å². The lowest BCUT2D eigenvalue weighted by molar-refractivity contribution is -0.136. The van der Waals surface area contributed by atoms with Gasteiger partial charge in [0.15, 0.2) is 0 Å². The Balaban J connectivity index is 1.40. The van der Waals surface area contributed by atoms with Crippen LogP contribution in [0.15, 0.2) is 30.5 Å². The van der Waals surface area contributed by atoms with Gasteiger partial charge in [-0.1, -0.05) is 6.07 Å². The molecule has 0 spiro atoms. The summed E-state index contributed by atoms with van der Waals surface area (Å²) >= 11 is 0. The van der Waals surface area contributed by atoms with Gasteiger partial charge in [-0.25, -0.2) is 4.98 Å². The second kappa shape index (κ2) is 9.94. The van der Waals surface area contributed by atoms with E-state index in [4.69, 9.17) is 15.5 Å². The average Bonchev–Trinajstić information content (AvgIpc) is 3.22. The molecule has 6 nitrogen and oxygen atoms in total. The minimum absolute atomic E-state index is 0.0456. The van der Waals surface area contributed by atoms with Gasteiger partial charge < -0.3 is 20.7 Å². The quantitative estimate of drug-likeness (QED) is 0.563. The average molecular weight is 450 g/mol. The number of ether oxygens (including phenoxy) is 1. The standard InChI is InChI=1S/C23H30F3N5O/c24-23(25,26)11-2-14-32-20-4-1-3-19-18(20)10-13-31(19)21-9-12-28-22(30-21)29-17-7-5-16(15-27)6-8-17/h1,3-4,9,12,16-17H,2,5-8,10-11,13-15,27H2,(H,28,29,30). The van der Waals surface area contributed by atoms with Gasteiger partial charge in [-0.2, -0.15) is 18.2 Å². The van der Waals surface area contributed by atoms with E-state index in [1.807, 2.05) is 24.3 Å². The van der Waals surface area contributed by atoms with E-state index >= 15 is 0 Å². The number of fused-ring (bicyclic) bond motifs is 1. The molecule has 1 fully saturated rings. The number of aromatic nitrogens is 2. The Labute approximate surface area is 186 Å². The molecule has 0 saturated heterocycles. The Hall–Kier alpha value is -2.55. The minimum atomic E-state index is -4.15. The van der Waals surface area contributed by atoms with E-state index in [0.717, 1.165) is 62.3 Å². The van der Waals surface area contributed by atoms with Crippen molar-refractivity contribution in [3.05, 3.63) is 36.0 Å². The molecule has 0 unspecified atom stereocenters. The lowest BCUT2D eigenvalue weighted by Gasteiger charge is -2.28. The van der Waals surface area contributed by atoms with Gasteiger partial charge in [-0.05, 0) is 69.2 Å². The summed E-state index contributed by atoms with van der Waals surface area (Å²) in [6, 6.07) is 7.92. The number of hydrogen-bond acceptors (Lipinski definition) is 6. The molecule has 1 aromatic carbocycles. The van der Waals surface area contributed by atoms with Crippen molar-refractivity contribution in [3.8, 4) is 5.75 Å². The zero-order chi connectivity index (χ0) is 22.6. The Morgan fingerprint density at radius 3 is 2.72 bits per heavy atom. The topological polar surface area (TPSA) is 76.3 Å². The van der Waals surface area contributed by atoms with Gasteiger partial charge in [0.05, 0.1) is 6.61 Å². The lowest BCUT2D eigenvalue weighted by atomic mass is 9.86. The van der Waals surface area contributed by atoms with Gasteiger partial charge in [-0.3, -0.25) is 0 Å². The maximum absolute atomic E-state index is 12.4. The number of rotatable bonds is 8. The van der Waals surface area contributed by atoms with Crippen LogP contribution in [0.2, 0.25) is 0 Å². The van der Waals surface area contributed by atoms with E-state index < -0.39 is 12.6 Å². The highest BCUT2D eigenvalue weighted by Crippen LogP contribution is 2.39. The molecule has 2 aromatic rings. The summed E-state index contributed by atoms with van der Waals surface area (Å²) in [7, 11) is 0. The Morgan fingerprint density at radius 1 is 1.16 bits per heavy atom. The van der Waals surface area contributed by atoms with Crippen LogP contribution in [-0.2, 0) is 6.42 Å². The van der Waals surface area contributed by atoms with Crippen molar-refractivity contribution < 1.29 is 17.9 Å². The predicted molar refractivity (Wildman–Crippen MR) is 118 cm³/mol. The maximum Gasteiger partial charge on any atom is 0.389 e. The van der Waals surface area contributed by atoms with Crippen LogP contribution < -0.4 is 20.7 Å². The number of hydrogen-bond donors (Lipinski definition) is 2. The van der Waals surface area contributed by atoms with Crippen LogP contribution in [0.1, 0.15) is 44.1 Å². The molecule has 1 aliphatic heterocycles. The van der Waals surface area contributed by atoms with Crippen molar-refractivity contribution in [1.29, 1.82) is 0 Å². The number of nitrogens with two attached hydrogens (primary N) is 1. The van der Waals surface area contributed by atoms with Crippen molar-refractivity contribution in [3.63, 3.8) is 0 Å². The first-order valence-corrected chi connectivity index (χ1v) is 11.3. The van der Waals surface area contributed by atoms with Crippen LogP contribution in [0.3, 0.4) is 0 Å². The molecule has 174 valence electrons. The molecular weight excluding hydrogens is 419 g/mol. The molecule has 0 atom stereocenters. The highest BCUT2D eigenvalue weighted by Gasteiger charge is 2.28. The lowest BCUT2D eigenvalue weighted by Crippen LogP contribution is -2.29. The molecule has 1 saturated carbocycles. The van der Waals surface area contributed by atoms with Crippen molar-refractivity contribution in [2.24, 2.45) is 11.7 Å². The zero-order valence-electron chi connectivity index (χ0n) is 18.1. The Bertz CT molecular complexity index is 899. The smallest absolute Gasteiger partial charge is 0.389 e. The van der Waals surface area contributed by atoms with E-state index in [0.29, 0.717) is 23.7 Å². The highest BCUT2D eigenvalue weighted by molar-refractivity contribution is 5.71. The van der Waals surface area contributed by atoms with Crippen LogP contribution in [0.4, 0.5) is 30.6 Å². The fraction of sp³-hybridized carbons (Fsp3) is 0.565. The summed E-state index contributed by atoms with van der Waals surface area (Å²) in [6.07, 6.45) is 1.85. The largest absolute Gasteiger partial charge is 0.493 e. The third-order valence-corrected chi connectivity index (χ3v) is 6.28. The molecule has 4 rings (SSSR count). The number of anilines is 3. The van der Waals surface area contributed by atoms with Crippen LogP contribution in [0.5, 0.6) is 5.75 Å². The van der Waals surface area contributed by atoms with E-state index in [-0.39, 0.29) is 13.0 Å². The van der Waals surface area contributed by atoms with Crippen LogP contribution >= 0.6 is 0 Å². The van der Waals surface area contributed by atoms with Crippen molar-refractivity contribution in [2.45, 2.75) is 57.2 Å². The molecule has 1 aromatic heterocycles. The summed E-state index contributed by atoms with van der Waals surface area (Å²) in [5.41, 5.74) is 7.77. The van der Waals surface area contributed by atoms with Gasteiger partial charge in [0.25, 0.3) is 0 Å². The van der Waals surface area contributed by atoms with Gasteiger partial charge in [0.2, 0.25) is 5.95 Å². The summed E-state index contributed by atoms with van der Waals surface area (Å²) in [5, 5.41) is 3.46. The second-order valence-corrected chi connectivity index (χ2v) is 8.56. The summed E-state index contributed by atoms with van der Waals surface area (Å²) in [5.74, 6) is 2.68.